The fraction of sp³-hybridized carbons (Fsp3) is 0.500. The third kappa shape index (κ3) is 8.01. The number of nitrogens with zero attached hydrogens (tertiary/aromatic N) is 3. The number of nitriles is 1. The van der Waals surface area contributed by atoms with Crippen LogP contribution in [-0.2, 0) is 11.2 Å². The van der Waals surface area contributed by atoms with Gasteiger partial charge in [0, 0.05) is 57.2 Å². The normalized spacial score (nSPS) is 20.1. The van der Waals surface area contributed by atoms with E-state index < -0.39 is 23.5 Å². The van der Waals surface area contributed by atoms with Gasteiger partial charge >= 0.3 is 0 Å². The molecule has 1 atom stereocenters. The molecule has 0 aromatic heterocycles. The highest BCUT2D eigenvalue weighted by atomic mass is 19.3. The Bertz CT molecular complexity index is 1100. The molecule has 4 rings (SSSR count). The Hall–Kier alpha value is -2.96. The van der Waals surface area contributed by atoms with Crippen molar-refractivity contribution < 1.29 is 22.4 Å². The van der Waals surface area contributed by atoms with Crippen LogP contribution in [0.1, 0.15) is 50.7 Å². The predicted molar refractivity (Wildman–Crippen MR) is 135 cm³/mol. The summed E-state index contributed by atoms with van der Waals surface area (Å²) in [5, 5.41) is 9.22. The maximum Gasteiger partial charge on any atom is 0.249 e. The number of hydrogen-bond acceptors (Lipinski definition) is 4. The van der Waals surface area contributed by atoms with Gasteiger partial charge in [-0.2, -0.15) is 5.26 Å². The third-order valence-corrected chi connectivity index (χ3v) is 7.01. The molecular weight excluding hydrogens is 484 g/mol. The summed E-state index contributed by atoms with van der Waals surface area (Å²) in [5.41, 5.74) is 6.35. The van der Waals surface area contributed by atoms with Crippen LogP contribution in [0.25, 0.3) is 11.1 Å². The molecule has 1 heterocycles. The van der Waals surface area contributed by atoms with Gasteiger partial charge in [0.2, 0.25) is 11.8 Å². The number of rotatable bonds is 5. The molecule has 5 nitrogen and oxygen atoms in total. The molecule has 2 aromatic rings. The first-order chi connectivity index (χ1) is 17.5. The van der Waals surface area contributed by atoms with Crippen molar-refractivity contribution in [3.05, 3.63) is 59.2 Å². The van der Waals surface area contributed by atoms with Gasteiger partial charge < -0.3 is 5.73 Å². The first-order valence-electron chi connectivity index (χ1n) is 12.6. The van der Waals surface area contributed by atoms with E-state index >= 15 is 0 Å². The fourth-order valence-electron chi connectivity index (χ4n) is 5.09. The van der Waals surface area contributed by atoms with Crippen molar-refractivity contribution >= 4 is 5.91 Å². The van der Waals surface area contributed by atoms with Crippen LogP contribution in [0.3, 0.4) is 0 Å². The topological polar surface area (TPSA) is 73.4 Å². The minimum absolute atomic E-state index is 0.0781. The summed E-state index contributed by atoms with van der Waals surface area (Å²) in [6.45, 7) is 8.37. The lowest BCUT2D eigenvalue weighted by Crippen LogP contribution is -2.53. The van der Waals surface area contributed by atoms with Gasteiger partial charge in [0.1, 0.15) is 17.7 Å². The van der Waals surface area contributed by atoms with Gasteiger partial charge in [-0.05, 0) is 55.5 Å². The summed E-state index contributed by atoms with van der Waals surface area (Å²) < 4.78 is 53.3. The van der Waals surface area contributed by atoms with Crippen molar-refractivity contribution in [3.63, 3.8) is 0 Å². The second kappa shape index (κ2) is 12.5. The maximum absolute atomic E-state index is 13.4. The van der Waals surface area contributed by atoms with E-state index in [1.165, 1.54) is 0 Å². The molecule has 37 heavy (non-hydrogen) atoms. The summed E-state index contributed by atoms with van der Waals surface area (Å²) in [6, 6.07) is 10.4. The van der Waals surface area contributed by atoms with Crippen LogP contribution in [0.5, 0.6) is 0 Å². The molecule has 2 fully saturated rings. The van der Waals surface area contributed by atoms with Gasteiger partial charge in [-0.15, -0.1) is 0 Å². The minimum Gasteiger partial charge on any atom is -0.369 e. The number of alkyl halides is 2. The number of primary amides is 1. The molecule has 0 spiro atoms. The zero-order valence-corrected chi connectivity index (χ0v) is 21.3. The average molecular weight is 519 g/mol. The number of piperazine rings is 1. The molecule has 1 amide bonds. The summed E-state index contributed by atoms with van der Waals surface area (Å²) in [4.78, 5) is 15.7. The highest BCUT2D eigenvalue weighted by Crippen LogP contribution is 2.35. The third-order valence-electron chi connectivity index (χ3n) is 7.01. The molecule has 1 aliphatic heterocycles. The van der Waals surface area contributed by atoms with E-state index in [2.05, 4.69) is 23.6 Å². The smallest absolute Gasteiger partial charge is 0.249 e. The second-order valence-electron chi connectivity index (χ2n) is 10.0. The van der Waals surface area contributed by atoms with Crippen molar-refractivity contribution in [2.24, 2.45) is 5.73 Å². The lowest BCUT2D eigenvalue weighted by Gasteiger charge is -2.43. The first-order valence-corrected chi connectivity index (χ1v) is 12.6. The molecule has 1 unspecified atom stereocenters. The highest BCUT2D eigenvalue weighted by Gasteiger charge is 2.39. The van der Waals surface area contributed by atoms with Gasteiger partial charge in [0.15, 0.2) is 0 Å². The Morgan fingerprint density at radius 2 is 1.78 bits per heavy atom. The lowest BCUT2D eigenvalue weighted by molar-refractivity contribution is -0.117. The summed E-state index contributed by atoms with van der Waals surface area (Å²) in [7, 11) is 0. The first kappa shape index (κ1) is 28.6. The standard InChI is InChI=1S/C15H10F2N2O.C13H24F2N2/c16-11-4-10(5-12(17)7-11)13-3-1-2-9(6-15(19)20)14(13)8-18;1-11(2)16-6-8-17(9-7-16)12-4-3-5-13(14,15)10-12/h1-5,7H,6H2,(H2,19,20);11-12H,3-10H2,1-2H3. The van der Waals surface area contributed by atoms with Crippen molar-refractivity contribution in [1.82, 2.24) is 9.80 Å². The van der Waals surface area contributed by atoms with E-state index in [1.54, 1.807) is 18.2 Å². The maximum atomic E-state index is 13.4. The quantitative estimate of drug-likeness (QED) is 0.558. The minimum atomic E-state index is -2.42. The van der Waals surface area contributed by atoms with Gasteiger partial charge in [-0.3, -0.25) is 14.6 Å². The Kier molecular flexibility index (Phi) is 9.68. The molecule has 2 aliphatic rings. The summed E-state index contributed by atoms with van der Waals surface area (Å²) in [6.07, 6.45) is 1.71. The van der Waals surface area contributed by atoms with Crippen molar-refractivity contribution in [2.75, 3.05) is 26.2 Å². The summed E-state index contributed by atoms with van der Waals surface area (Å²) >= 11 is 0. The number of benzene rings is 2. The molecule has 2 aromatic carbocycles. The predicted octanol–water partition coefficient (Wildman–Crippen LogP) is 5.12. The van der Waals surface area contributed by atoms with Crippen LogP contribution in [0.4, 0.5) is 17.6 Å². The van der Waals surface area contributed by atoms with Crippen molar-refractivity contribution in [1.29, 1.82) is 5.26 Å². The number of amides is 1. The van der Waals surface area contributed by atoms with Gasteiger partial charge in [0.05, 0.1) is 12.0 Å². The van der Waals surface area contributed by atoms with E-state index in [4.69, 9.17) is 5.73 Å². The molecule has 1 saturated heterocycles. The fourth-order valence-corrected chi connectivity index (χ4v) is 5.09. The monoisotopic (exact) mass is 518 g/mol. The second-order valence-corrected chi connectivity index (χ2v) is 10.0. The Labute approximate surface area is 215 Å². The number of hydrogen-bond donors (Lipinski definition) is 1. The lowest BCUT2D eigenvalue weighted by atomic mass is 9.90. The van der Waals surface area contributed by atoms with E-state index in [0.717, 1.165) is 50.8 Å². The molecule has 1 aliphatic carbocycles. The Morgan fingerprint density at radius 1 is 1.14 bits per heavy atom. The van der Waals surface area contributed by atoms with Gasteiger partial charge in [-0.1, -0.05) is 18.2 Å². The van der Waals surface area contributed by atoms with Crippen LogP contribution in [0.2, 0.25) is 0 Å². The number of carbonyl (C=O) groups is 1. The van der Waals surface area contributed by atoms with Crippen LogP contribution in [-0.4, -0.2) is 59.9 Å². The van der Waals surface area contributed by atoms with E-state index in [9.17, 15) is 27.6 Å². The number of carbonyl (C=O) groups excluding carboxylic acids is 1. The van der Waals surface area contributed by atoms with Crippen molar-refractivity contribution in [2.45, 2.75) is 64.0 Å². The van der Waals surface area contributed by atoms with Crippen LogP contribution in [0.15, 0.2) is 36.4 Å². The molecule has 9 heteroatoms. The van der Waals surface area contributed by atoms with E-state index in [0.29, 0.717) is 23.6 Å². The van der Waals surface area contributed by atoms with Gasteiger partial charge in [0.25, 0.3) is 0 Å². The molecule has 200 valence electrons. The van der Waals surface area contributed by atoms with Crippen LogP contribution < -0.4 is 5.73 Å². The Morgan fingerprint density at radius 3 is 2.32 bits per heavy atom. The number of halogens is 4. The van der Waals surface area contributed by atoms with Gasteiger partial charge in [-0.25, -0.2) is 17.6 Å². The van der Waals surface area contributed by atoms with Crippen LogP contribution >= 0.6 is 0 Å². The SMILES string of the molecule is CC(C)N1CCN(C2CCCC(F)(F)C2)CC1.N#Cc1c(CC(N)=O)cccc1-c1cc(F)cc(F)c1. The Balaban J connectivity index is 0.000000208. The zero-order valence-electron chi connectivity index (χ0n) is 21.3. The molecule has 2 N–H and O–H groups in total. The average Bonchev–Trinajstić information content (AvgIpc) is 2.83. The highest BCUT2D eigenvalue weighted by molar-refractivity contribution is 5.80. The molecule has 0 radical (unpaired) electrons. The van der Waals surface area contributed by atoms with Crippen LogP contribution in [0, 0.1) is 23.0 Å². The molecule has 1 saturated carbocycles. The zero-order chi connectivity index (χ0) is 27.2. The van der Waals surface area contributed by atoms with E-state index in [1.807, 2.05) is 6.07 Å². The number of nitrogens with two attached hydrogens (primary N) is 1. The molecule has 0 bridgehead atoms. The largest absolute Gasteiger partial charge is 0.369 e. The summed E-state index contributed by atoms with van der Waals surface area (Å²) in [5.74, 6) is -4.46. The molecular formula is C28H34F4N4O. The van der Waals surface area contributed by atoms with Crippen molar-refractivity contribution in [3.8, 4) is 17.2 Å². The van der Waals surface area contributed by atoms with E-state index in [-0.39, 0.29) is 36.4 Å².